The van der Waals surface area contributed by atoms with Crippen molar-refractivity contribution in [2.24, 2.45) is 5.41 Å². The number of ether oxygens (including phenoxy) is 2. The summed E-state index contributed by atoms with van der Waals surface area (Å²) in [4.78, 5) is 16.1. The molecule has 8 nitrogen and oxygen atoms in total. The summed E-state index contributed by atoms with van der Waals surface area (Å²) in [5.74, 6) is -0.408. The van der Waals surface area contributed by atoms with Crippen molar-refractivity contribution in [1.82, 2.24) is 14.2 Å². The lowest BCUT2D eigenvalue weighted by molar-refractivity contribution is -0.136. The Bertz CT molecular complexity index is 1330. The number of fused-ring (bicyclic) bond motifs is 3. The first-order chi connectivity index (χ1) is 17.4. The molecule has 4 heterocycles. The summed E-state index contributed by atoms with van der Waals surface area (Å²) in [5.41, 5.74) is 3.39. The first kappa shape index (κ1) is 25.2. The number of nitrogens with zero attached hydrogens (tertiary/aromatic N) is 2. The van der Waals surface area contributed by atoms with Crippen LogP contribution in [0, 0.1) is 5.41 Å². The molecule has 1 aromatic carbocycles. The summed E-state index contributed by atoms with van der Waals surface area (Å²) < 4.78 is 41.4. The van der Waals surface area contributed by atoms with Gasteiger partial charge in [-0.1, -0.05) is 25.6 Å². The molecular formula is C27H35N3O5S. The number of rotatable bonds is 10. The van der Waals surface area contributed by atoms with E-state index >= 15 is 0 Å². The molecule has 1 N–H and O–H groups in total. The van der Waals surface area contributed by atoms with Gasteiger partial charge in [-0.3, -0.25) is 4.90 Å². The SMILES string of the molecule is C=CCOC(=O)C1=C[C@]2(CC)CCCN3CCc4c(n1c1cc(S(=O)(=O)NCCCOC)ccc41)[C@@H]32. The van der Waals surface area contributed by atoms with Gasteiger partial charge in [-0.2, -0.15) is 0 Å². The van der Waals surface area contributed by atoms with Gasteiger partial charge in [0.2, 0.25) is 10.0 Å². The average Bonchev–Trinajstić information content (AvgIpc) is 3.23. The molecule has 0 saturated carbocycles. The predicted octanol–water partition coefficient (Wildman–Crippen LogP) is 3.63. The molecule has 0 aliphatic carbocycles. The van der Waals surface area contributed by atoms with E-state index in [2.05, 4.69) is 29.2 Å². The van der Waals surface area contributed by atoms with E-state index in [4.69, 9.17) is 9.47 Å². The van der Waals surface area contributed by atoms with Crippen LogP contribution in [-0.4, -0.2) is 63.8 Å². The van der Waals surface area contributed by atoms with Crippen molar-refractivity contribution < 1.29 is 22.7 Å². The lowest BCUT2D eigenvalue weighted by Gasteiger charge is -2.53. The van der Waals surface area contributed by atoms with Crippen molar-refractivity contribution in [3.8, 4) is 0 Å². The molecule has 2 atom stereocenters. The Morgan fingerprint density at radius 2 is 2.17 bits per heavy atom. The number of nitrogens with one attached hydrogen (secondary N) is 1. The summed E-state index contributed by atoms with van der Waals surface area (Å²) in [5, 5.41) is 1.00. The lowest BCUT2D eigenvalue weighted by Crippen LogP contribution is -2.51. The number of hydrogen-bond acceptors (Lipinski definition) is 6. The molecule has 9 heteroatoms. The fourth-order valence-corrected chi connectivity index (χ4v) is 7.43. The Balaban J connectivity index is 1.68. The second-order valence-corrected chi connectivity index (χ2v) is 11.7. The van der Waals surface area contributed by atoms with Crippen LogP contribution in [0.5, 0.6) is 0 Å². The van der Waals surface area contributed by atoms with Gasteiger partial charge in [-0.05, 0) is 62.4 Å². The Labute approximate surface area is 213 Å². The quantitative estimate of drug-likeness (QED) is 0.297. The minimum absolute atomic E-state index is 0.122. The third kappa shape index (κ3) is 4.02. The van der Waals surface area contributed by atoms with E-state index in [1.807, 2.05) is 10.6 Å². The van der Waals surface area contributed by atoms with Crippen molar-refractivity contribution in [3.63, 3.8) is 0 Å². The van der Waals surface area contributed by atoms with E-state index < -0.39 is 16.0 Å². The largest absolute Gasteiger partial charge is 0.457 e. The molecule has 2 aromatic rings. The summed E-state index contributed by atoms with van der Waals surface area (Å²) >= 11 is 0. The molecule has 3 aliphatic heterocycles. The maximum atomic E-state index is 13.4. The van der Waals surface area contributed by atoms with Crippen molar-refractivity contribution in [2.75, 3.05) is 40.0 Å². The maximum absolute atomic E-state index is 13.4. The molecule has 0 amide bonds. The third-order valence-corrected chi connectivity index (χ3v) is 9.44. The van der Waals surface area contributed by atoms with Crippen LogP contribution < -0.4 is 4.72 Å². The molecule has 1 fully saturated rings. The van der Waals surface area contributed by atoms with Gasteiger partial charge in [0, 0.05) is 43.3 Å². The number of methoxy groups -OCH3 is 1. The number of piperidine rings is 1. The fourth-order valence-electron chi connectivity index (χ4n) is 6.34. The zero-order chi connectivity index (χ0) is 25.5. The molecule has 0 spiro atoms. The highest BCUT2D eigenvalue weighted by atomic mass is 32.2. The first-order valence-electron chi connectivity index (χ1n) is 12.8. The van der Waals surface area contributed by atoms with Gasteiger partial charge >= 0.3 is 5.97 Å². The van der Waals surface area contributed by atoms with Gasteiger partial charge in [0.15, 0.2) is 0 Å². The molecule has 0 bridgehead atoms. The van der Waals surface area contributed by atoms with Gasteiger partial charge in [0.25, 0.3) is 0 Å². The van der Waals surface area contributed by atoms with Gasteiger partial charge < -0.3 is 14.0 Å². The van der Waals surface area contributed by atoms with Crippen LogP contribution in [0.1, 0.15) is 49.9 Å². The highest BCUT2D eigenvalue weighted by molar-refractivity contribution is 7.89. The summed E-state index contributed by atoms with van der Waals surface area (Å²) in [6, 6.07) is 5.44. The van der Waals surface area contributed by atoms with E-state index in [1.54, 1.807) is 25.3 Å². The Morgan fingerprint density at radius 3 is 2.92 bits per heavy atom. The maximum Gasteiger partial charge on any atom is 0.355 e. The summed E-state index contributed by atoms with van der Waals surface area (Å²) in [7, 11) is -2.12. The van der Waals surface area contributed by atoms with Gasteiger partial charge in [-0.15, -0.1) is 0 Å². The highest BCUT2D eigenvalue weighted by Gasteiger charge is 2.51. The first-order valence-corrected chi connectivity index (χ1v) is 14.3. The lowest BCUT2D eigenvalue weighted by atomic mass is 9.66. The normalized spacial score (nSPS) is 23.3. The average molecular weight is 514 g/mol. The van der Waals surface area contributed by atoms with Crippen LogP contribution in [0.2, 0.25) is 0 Å². The molecule has 5 rings (SSSR count). The Kier molecular flexibility index (Phi) is 6.84. The van der Waals surface area contributed by atoms with Gasteiger partial charge in [0.05, 0.1) is 16.5 Å². The zero-order valence-corrected chi connectivity index (χ0v) is 21.9. The molecule has 1 aromatic heterocycles. The second kappa shape index (κ2) is 9.78. The monoisotopic (exact) mass is 513 g/mol. The molecular weight excluding hydrogens is 478 g/mol. The number of esters is 1. The van der Waals surface area contributed by atoms with Gasteiger partial charge in [0.1, 0.15) is 12.3 Å². The number of aromatic nitrogens is 1. The van der Waals surface area contributed by atoms with E-state index in [0.717, 1.165) is 55.4 Å². The fraction of sp³-hybridized carbons (Fsp3) is 0.519. The van der Waals surface area contributed by atoms with Crippen LogP contribution in [0.25, 0.3) is 16.6 Å². The van der Waals surface area contributed by atoms with E-state index in [0.29, 0.717) is 25.3 Å². The third-order valence-electron chi connectivity index (χ3n) is 7.98. The van der Waals surface area contributed by atoms with Crippen molar-refractivity contribution in [2.45, 2.75) is 50.0 Å². The predicted molar refractivity (Wildman–Crippen MR) is 139 cm³/mol. The summed E-state index contributed by atoms with van der Waals surface area (Å²) in [6.07, 6.45) is 8.13. The van der Waals surface area contributed by atoms with E-state index in [-0.39, 0.29) is 23.0 Å². The standard InChI is InChI=1S/C27H35N3O5S/c1-4-15-35-26(31)23-18-27(5-2)11-6-13-29-14-10-21-20-9-8-19(36(32,33)28-12-7-16-34-3)17-22(20)30(23)24(21)25(27)29/h4,8-9,17-18,25,28H,1,5-7,10-16H2,2-3H3/t25-,27+/m1/s1. The van der Waals surface area contributed by atoms with Crippen LogP contribution >= 0.6 is 0 Å². The minimum atomic E-state index is -3.72. The highest BCUT2D eigenvalue weighted by Crippen LogP contribution is 2.57. The second-order valence-electron chi connectivity index (χ2n) is 9.92. The molecule has 0 radical (unpaired) electrons. The number of sulfonamides is 1. The van der Waals surface area contributed by atoms with Crippen LogP contribution in [-0.2, 0) is 30.7 Å². The van der Waals surface area contributed by atoms with E-state index in [9.17, 15) is 13.2 Å². The molecule has 0 unspecified atom stereocenters. The van der Waals surface area contributed by atoms with Crippen LogP contribution in [0.4, 0.5) is 0 Å². The molecule has 36 heavy (non-hydrogen) atoms. The Morgan fingerprint density at radius 1 is 1.33 bits per heavy atom. The van der Waals surface area contributed by atoms with Crippen molar-refractivity contribution in [3.05, 3.63) is 48.2 Å². The molecule has 3 aliphatic rings. The van der Waals surface area contributed by atoms with Crippen LogP contribution in [0.15, 0.2) is 41.8 Å². The zero-order valence-electron chi connectivity index (χ0n) is 21.1. The minimum Gasteiger partial charge on any atom is -0.457 e. The summed E-state index contributed by atoms with van der Waals surface area (Å²) in [6.45, 7) is 8.76. The number of carbonyl (C=O) groups is 1. The number of hydrogen-bond donors (Lipinski definition) is 1. The molecule has 1 saturated heterocycles. The Hall–Kier alpha value is -2.46. The van der Waals surface area contributed by atoms with Crippen molar-refractivity contribution in [1.29, 1.82) is 0 Å². The molecule has 194 valence electrons. The topological polar surface area (TPSA) is 89.9 Å². The van der Waals surface area contributed by atoms with Crippen molar-refractivity contribution >= 4 is 32.6 Å². The number of carbonyl (C=O) groups excluding carboxylic acids is 1. The van der Waals surface area contributed by atoms with E-state index in [1.165, 1.54) is 5.56 Å². The number of benzene rings is 1. The smallest absolute Gasteiger partial charge is 0.355 e. The van der Waals surface area contributed by atoms with Crippen LogP contribution in [0.3, 0.4) is 0 Å². The van der Waals surface area contributed by atoms with Gasteiger partial charge in [-0.25, -0.2) is 17.9 Å².